The van der Waals surface area contributed by atoms with E-state index < -0.39 is 0 Å². The number of nitriles is 1. The molecule has 1 aliphatic rings. The molecule has 0 spiro atoms. The average molecular weight is 286 g/mol. The average Bonchev–Trinajstić information content (AvgIpc) is 2.44. The zero-order valence-electron chi connectivity index (χ0n) is 12.7. The predicted octanol–water partition coefficient (Wildman–Crippen LogP) is 3.02. The highest BCUT2D eigenvalue weighted by Crippen LogP contribution is 2.34. The van der Waals surface area contributed by atoms with E-state index in [1.807, 2.05) is 6.07 Å². The van der Waals surface area contributed by atoms with Crippen molar-refractivity contribution in [2.24, 2.45) is 5.41 Å². The van der Waals surface area contributed by atoms with Crippen LogP contribution < -0.4 is 10.1 Å². The topological polar surface area (TPSA) is 62.1 Å². The van der Waals surface area contributed by atoms with E-state index in [0.29, 0.717) is 16.7 Å². The molecule has 1 unspecified atom stereocenters. The van der Waals surface area contributed by atoms with Crippen LogP contribution in [0.25, 0.3) is 0 Å². The molecule has 0 bridgehead atoms. The van der Waals surface area contributed by atoms with Crippen LogP contribution in [0.3, 0.4) is 0 Å². The molecular weight excluding hydrogens is 264 g/mol. The molecule has 0 heterocycles. The highest BCUT2D eigenvalue weighted by molar-refractivity contribution is 5.77. The number of benzene rings is 1. The molecule has 1 aliphatic carbocycles. The SMILES string of the molecule is CC1(C)CCCC(NC(=O)COc2ccc(C#N)cc2)C1. The van der Waals surface area contributed by atoms with Crippen molar-refractivity contribution in [2.45, 2.75) is 45.6 Å². The van der Waals surface area contributed by atoms with Crippen molar-refractivity contribution in [3.8, 4) is 11.8 Å². The summed E-state index contributed by atoms with van der Waals surface area (Å²) in [5, 5.41) is 11.8. The molecule has 0 radical (unpaired) electrons. The van der Waals surface area contributed by atoms with Crippen molar-refractivity contribution in [2.75, 3.05) is 6.61 Å². The Morgan fingerprint density at radius 3 is 2.76 bits per heavy atom. The summed E-state index contributed by atoms with van der Waals surface area (Å²) in [6, 6.07) is 9.06. The molecule has 0 aromatic heterocycles. The molecule has 1 amide bonds. The number of hydrogen-bond acceptors (Lipinski definition) is 3. The summed E-state index contributed by atoms with van der Waals surface area (Å²) >= 11 is 0. The van der Waals surface area contributed by atoms with Gasteiger partial charge >= 0.3 is 0 Å². The minimum Gasteiger partial charge on any atom is -0.484 e. The van der Waals surface area contributed by atoms with Gasteiger partial charge in [0.1, 0.15) is 5.75 Å². The highest BCUT2D eigenvalue weighted by Gasteiger charge is 2.28. The van der Waals surface area contributed by atoms with E-state index in [4.69, 9.17) is 10.00 Å². The van der Waals surface area contributed by atoms with Crippen LogP contribution in [0.1, 0.15) is 45.1 Å². The van der Waals surface area contributed by atoms with Crippen molar-refractivity contribution in [3.63, 3.8) is 0 Å². The number of carbonyl (C=O) groups is 1. The molecule has 0 saturated heterocycles. The molecule has 4 heteroatoms. The Morgan fingerprint density at radius 2 is 2.14 bits per heavy atom. The molecule has 1 aromatic rings. The van der Waals surface area contributed by atoms with Crippen molar-refractivity contribution in [1.82, 2.24) is 5.32 Å². The minimum atomic E-state index is -0.0814. The van der Waals surface area contributed by atoms with Crippen molar-refractivity contribution >= 4 is 5.91 Å². The Kier molecular flexibility index (Phi) is 4.85. The van der Waals surface area contributed by atoms with Gasteiger partial charge in [-0.25, -0.2) is 0 Å². The molecule has 21 heavy (non-hydrogen) atoms. The van der Waals surface area contributed by atoms with E-state index in [-0.39, 0.29) is 18.6 Å². The number of nitrogens with one attached hydrogen (secondary N) is 1. The van der Waals surface area contributed by atoms with E-state index in [0.717, 1.165) is 19.3 Å². The summed E-state index contributed by atoms with van der Waals surface area (Å²) in [7, 11) is 0. The monoisotopic (exact) mass is 286 g/mol. The van der Waals surface area contributed by atoms with Gasteiger partial charge in [0, 0.05) is 6.04 Å². The van der Waals surface area contributed by atoms with Gasteiger partial charge in [0.15, 0.2) is 6.61 Å². The van der Waals surface area contributed by atoms with Crippen molar-refractivity contribution in [3.05, 3.63) is 29.8 Å². The summed E-state index contributed by atoms with van der Waals surface area (Å²) in [4.78, 5) is 11.9. The van der Waals surface area contributed by atoms with Crippen LogP contribution >= 0.6 is 0 Å². The van der Waals surface area contributed by atoms with Crippen LogP contribution in [0.4, 0.5) is 0 Å². The first-order valence-corrected chi connectivity index (χ1v) is 7.41. The van der Waals surface area contributed by atoms with Gasteiger partial charge in [0.2, 0.25) is 0 Å². The van der Waals surface area contributed by atoms with Gasteiger partial charge in [-0.2, -0.15) is 5.26 Å². The minimum absolute atomic E-state index is 0.0167. The largest absolute Gasteiger partial charge is 0.484 e. The molecule has 4 nitrogen and oxygen atoms in total. The lowest BCUT2D eigenvalue weighted by Gasteiger charge is -2.35. The van der Waals surface area contributed by atoms with Crippen molar-refractivity contribution in [1.29, 1.82) is 5.26 Å². The van der Waals surface area contributed by atoms with E-state index in [2.05, 4.69) is 19.2 Å². The fraction of sp³-hybridized carbons (Fsp3) is 0.529. The molecule has 1 aromatic carbocycles. The van der Waals surface area contributed by atoms with Crippen LogP contribution in [0.2, 0.25) is 0 Å². The van der Waals surface area contributed by atoms with Gasteiger partial charge in [-0.3, -0.25) is 4.79 Å². The third-order valence-electron chi connectivity index (χ3n) is 3.92. The van der Waals surface area contributed by atoms with Gasteiger partial charge in [-0.15, -0.1) is 0 Å². The summed E-state index contributed by atoms with van der Waals surface area (Å²) < 4.78 is 5.44. The number of amides is 1. The third-order valence-corrected chi connectivity index (χ3v) is 3.92. The van der Waals surface area contributed by atoms with E-state index in [9.17, 15) is 4.79 Å². The Balaban J connectivity index is 1.78. The normalized spacial score (nSPS) is 20.3. The number of carbonyl (C=O) groups excluding carboxylic acids is 1. The summed E-state index contributed by atoms with van der Waals surface area (Å²) in [5.74, 6) is 0.523. The maximum atomic E-state index is 11.9. The molecule has 1 atom stereocenters. The number of hydrogen-bond donors (Lipinski definition) is 1. The quantitative estimate of drug-likeness (QED) is 0.925. The molecule has 2 rings (SSSR count). The smallest absolute Gasteiger partial charge is 0.258 e. The van der Waals surface area contributed by atoms with Gasteiger partial charge in [-0.05, 0) is 48.9 Å². The first-order chi connectivity index (χ1) is 9.98. The maximum absolute atomic E-state index is 11.9. The number of ether oxygens (including phenoxy) is 1. The fourth-order valence-corrected chi connectivity index (χ4v) is 2.87. The first kappa shape index (κ1) is 15.4. The second-order valence-corrected chi connectivity index (χ2v) is 6.45. The number of rotatable bonds is 4. The molecule has 112 valence electrons. The van der Waals surface area contributed by atoms with Crippen molar-refractivity contribution < 1.29 is 9.53 Å². The molecular formula is C17H22N2O2. The molecule has 1 N–H and O–H groups in total. The third kappa shape index (κ3) is 4.78. The summed E-state index contributed by atoms with van der Waals surface area (Å²) in [6.07, 6.45) is 4.46. The maximum Gasteiger partial charge on any atom is 0.258 e. The Morgan fingerprint density at radius 1 is 1.43 bits per heavy atom. The molecule has 0 aliphatic heterocycles. The van der Waals surface area contributed by atoms with E-state index in [1.165, 1.54) is 6.42 Å². The van der Waals surface area contributed by atoms with Gasteiger partial charge < -0.3 is 10.1 Å². The van der Waals surface area contributed by atoms with Gasteiger partial charge in [-0.1, -0.05) is 20.3 Å². The molecule has 1 fully saturated rings. The number of nitrogens with zero attached hydrogens (tertiary/aromatic N) is 1. The zero-order valence-corrected chi connectivity index (χ0v) is 12.7. The Bertz CT molecular complexity index is 529. The van der Waals surface area contributed by atoms with Crippen LogP contribution in [0.5, 0.6) is 5.75 Å². The summed E-state index contributed by atoms with van der Waals surface area (Å²) in [5.41, 5.74) is 0.890. The lowest BCUT2D eigenvalue weighted by molar-refractivity contribution is -0.124. The predicted molar refractivity (Wildman–Crippen MR) is 80.8 cm³/mol. The Hall–Kier alpha value is -2.02. The van der Waals surface area contributed by atoms with Gasteiger partial charge in [0.25, 0.3) is 5.91 Å². The lowest BCUT2D eigenvalue weighted by atomic mass is 9.75. The first-order valence-electron chi connectivity index (χ1n) is 7.41. The standard InChI is InChI=1S/C17H22N2O2/c1-17(2)9-3-4-14(10-17)19-16(20)12-21-15-7-5-13(11-18)6-8-15/h5-8,14H,3-4,9-10,12H2,1-2H3,(H,19,20). The second kappa shape index (κ2) is 6.62. The molecule has 1 saturated carbocycles. The van der Waals surface area contributed by atoms with Crippen LogP contribution in [-0.2, 0) is 4.79 Å². The lowest BCUT2D eigenvalue weighted by Crippen LogP contribution is -2.42. The van der Waals surface area contributed by atoms with Gasteiger partial charge in [0.05, 0.1) is 11.6 Å². The second-order valence-electron chi connectivity index (χ2n) is 6.45. The van der Waals surface area contributed by atoms with Crippen LogP contribution in [0, 0.1) is 16.7 Å². The van der Waals surface area contributed by atoms with E-state index >= 15 is 0 Å². The fourth-order valence-electron chi connectivity index (χ4n) is 2.87. The Labute approximate surface area is 126 Å². The van der Waals surface area contributed by atoms with Crippen LogP contribution in [-0.4, -0.2) is 18.6 Å². The zero-order chi connectivity index (χ0) is 15.3. The van der Waals surface area contributed by atoms with Crippen LogP contribution in [0.15, 0.2) is 24.3 Å². The van der Waals surface area contributed by atoms with E-state index in [1.54, 1.807) is 24.3 Å². The summed E-state index contributed by atoms with van der Waals surface area (Å²) in [6.45, 7) is 4.51. The highest BCUT2D eigenvalue weighted by atomic mass is 16.5.